The second kappa shape index (κ2) is 3.82. The lowest BCUT2D eigenvalue weighted by Gasteiger charge is -2.05. The van der Waals surface area contributed by atoms with E-state index in [4.69, 9.17) is 0 Å². The Labute approximate surface area is 89.0 Å². The fraction of sp³-hybridized carbons (Fsp3) is 0.222. The first-order valence-corrected chi connectivity index (χ1v) is 5.18. The Bertz CT molecular complexity index is 412. The van der Waals surface area contributed by atoms with E-state index >= 15 is 0 Å². The summed E-state index contributed by atoms with van der Waals surface area (Å²) in [6.45, 7) is 0. The predicted molar refractivity (Wildman–Crippen MR) is 51.3 cm³/mol. The number of hydrogen-bond donors (Lipinski definition) is 1. The number of hydrogen-bond acceptors (Lipinski definition) is 5. The van der Waals surface area contributed by atoms with Crippen LogP contribution >= 0.6 is 11.3 Å². The molecule has 1 fully saturated rings. The van der Waals surface area contributed by atoms with Crippen molar-refractivity contribution in [2.45, 2.75) is 12.5 Å². The van der Waals surface area contributed by atoms with E-state index in [0.29, 0.717) is 5.56 Å². The summed E-state index contributed by atoms with van der Waals surface area (Å²) >= 11 is 1.38. The number of rotatable bonds is 2. The molecule has 5 nitrogen and oxygen atoms in total. The topological polar surface area (TPSA) is 72.5 Å². The average molecular weight is 225 g/mol. The van der Waals surface area contributed by atoms with Crippen LogP contribution in [-0.4, -0.2) is 23.9 Å². The van der Waals surface area contributed by atoms with Gasteiger partial charge in [-0.25, -0.2) is 4.79 Å². The summed E-state index contributed by atoms with van der Waals surface area (Å²) in [6, 6.07) is 0.798. The van der Waals surface area contributed by atoms with Gasteiger partial charge in [-0.15, -0.1) is 0 Å². The Hall–Kier alpha value is -1.69. The summed E-state index contributed by atoms with van der Waals surface area (Å²) in [5, 5.41) is 5.85. The molecule has 6 heteroatoms. The summed E-state index contributed by atoms with van der Waals surface area (Å²) in [7, 11) is 0. The first-order valence-electron chi connectivity index (χ1n) is 4.24. The van der Waals surface area contributed by atoms with E-state index in [-0.39, 0.29) is 12.3 Å². The van der Waals surface area contributed by atoms with E-state index in [1.807, 2.05) is 0 Å². The third-order valence-electron chi connectivity index (χ3n) is 1.96. The molecule has 1 saturated heterocycles. The Morgan fingerprint density at radius 1 is 1.53 bits per heavy atom. The van der Waals surface area contributed by atoms with Crippen LogP contribution < -0.4 is 5.32 Å². The van der Waals surface area contributed by atoms with Gasteiger partial charge in [-0.2, -0.15) is 11.3 Å². The van der Waals surface area contributed by atoms with Gasteiger partial charge in [-0.05, 0) is 11.4 Å². The van der Waals surface area contributed by atoms with Gasteiger partial charge in [0.15, 0.2) is 0 Å². The van der Waals surface area contributed by atoms with Gasteiger partial charge in [0.05, 0.1) is 12.0 Å². The number of cyclic esters (lactones) is 2. The Balaban J connectivity index is 2.01. The van der Waals surface area contributed by atoms with Crippen LogP contribution in [0.15, 0.2) is 16.8 Å². The molecule has 1 aromatic heterocycles. The van der Waals surface area contributed by atoms with Crippen LogP contribution in [0.3, 0.4) is 0 Å². The number of nitrogens with one attached hydrogen (secondary N) is 1. The second-order valence-electron chi connectivity index (χ2n) is 3.04. The molecule has 0 bridgehead atoms. The summed E-state index contributed by atoms with van der Waals surface area (Å²) in [5.41, 5.74) is 0.479. The number of carbonyl (C=O) groups is 3. The number of carbonyl (C=O) groups excluding carboxylic acids is 3. The third-order valence-corrected chi connectivity index (χ3v) is 2.64. The highest BCUT2D eigenvalue weighted by Crippen LogP contribution is 2.10. The van der Waals surface area contributed by atoms with Crippen molar-refractivity contribution in [1.29, 1.82) is 0 Å². The molecular weight excluding hydrogens is 218 g/mol. The maximum Gasteiger partial charge on any atom is 0.336 e. The summed E-state index contributed by atoms with van der Waals surface area (Å²) < 4.78 is 4.30. The smallest absolute Gasteiger partial charge is 0.336 e. The molecule has 15 heavy (non-hydrogen) atoms. The molecule has 0 aromatic carbocycles. The van der Waals surface area contributed by atoms with E-state index in [1.165, 1.54) is 11.3 Å². The number of ether oxygens (including phenoxy) is 1. The fourth-order valence-electron chi connectivity index (χ4n) is 1.22. The molecule has 0 saturated carbocycles. The van der Waals surface area contributed by atoms with Crippen molar-refractivity contribution in [2.75, 3.05) is 0 Å². The number of thiophene rings is 1. The van der Waals surface area contributed by atoms with Crippen LogP contribution in [0.5, 0.6) is 0 Å². The van der Waals surface area contributed by atoms with Crippen molar-refractivity contribution >= 4 is 29.2 Å². The first-order chi connectivity index (χ1) is 7.16. The SMILES string of the molecule is O=C1C[C@H](NC(=O)c2ccsc2)C(=O)O1. The van der Waals surface area contributed by atoms with E-state index in [2.05, 4.69) is 10.1 Å². The zero-order chi connectivity index (χ0) is 10.8. The summed E-state index contributed by atoms with van der Waals surface area (Å²) in [5.74, 6) is -1.66. The average Bonchev–Trinajstić information content (AvgIpc) is 2.76. The van der Waals surface area contributed by atoms with Crippen molar-refractivity contribution in [1.82, 2.24) is 5.32 Å². The monoisotopic (exact) mass is 225 g/mol. The van der Waals surface area contributed by atoms with Crippen LogP contribution in [0, 0.1) is 0 Å². The maximum absolute atomic E-state index is 11.5. The Morgan fingerprint density at radius 2 is 2.33 bits per heavy atom. The van der Waals surface area contributed by atoms with Crippen LogP contribution in [0.25, 0.3) is 0 Å². The molecule has 0 unspecified atom stereocenters. The number of amides is 1. The normalized spacial score (nSPS) is 20.1. The highest BCUT2D eigenvalue weighted by molar-refractivity contribution is 7.08. The quantitative estimate of drug-likeness (QED) is 0.581. The van der Waals surface area contributed by atoms with Crippen molar-refractivity contribution < 1.29 is 19.1 Å². The van der Waals surface area contributed by atoms with Gasteiger partial charge >= 0.3 is 11.9 Å². The third kappa shape index (κ3) is 2.04. The molecule has 0 radical (unpaired) electrons. The molecule has 78 valence electrons. The van der Waals surface area contributed by atoms with Gasteiger partial charge in [-0.3, -0.25) is 9.59 Å². The van der Waals surface area contributed by atoms with E-state index in [1.54, 1.807) is 16.8 Å². The largest absolute Gasteiger partial charge is 0.392 e. The molecule has 0 spiro atoms. The van der Waals surface area contributed by atoms with Crippen LogP contribution in [-0.2, 0) is 14.3 Å². The fourth-order valence-corrected chi connectivity index (χ4v) is 1.86. The molecule has 1 amide bonds. The van der Waals surface area contributed by atoms with Crippen molar-refractivity contribution in [3.8, 4) is 0 Å². The van der Waals surface area contributed by atoms with E-state index in [0.717, 1.165) is 0 Å². The van der Waals surface area contributed by atoms with E-state index < -0.39 is 18.0 Å². The lowest BCUT2D eigenvalue weighted by molar-refractivity contribution is -0.152. The first kappa shape index (κ1) is 9.85. The minimum absolute atomic E-state index is 0.0886. The van der Waals surface area contributed by atoms with E-state index in [9.17, 15) is 14.4 Å². The zero-order valence-corrected chi connectivity index (χ0v) is 8.37. The van der Waals surface area contributed by atoms with Gasteiger partial charge < -0.3 is 10.1 Å². The second-order valence-corrected chi connectivity index (χ2v) is 3.82. The van der Waals surface area contributed by atoms with Crippen LogP contribution in [0.4, 0.5) is 0 Å². The van der Waals surface area contributed by atoms with Crippen LogP contribution in [0.2, 0.25) is 0 Å². The molecule has 0 aliphatic carbocycles. The maximum atomic E-state index is 11.5. The summed E-state index contributed by atoms with van der Waals surface area (Å²) in [6.07, 6.45) is -0.0886. The van der Waals surface area contributed by atoms with Gasteiger partial charge in [0, 0.05) is 5.38 Å². The molecular formula is C9H7NO4S. The number of esters is 2. The predicted octanol–water partition coefficient (Wildman–Crippen LogP) is 0.320. The lowest BCUT2D eigenvalue weighted by Crippen LogP contribution is -2.37. The molecule has 1 aromatic rings. The van der Waals surface area contributed by atoms with Gasteiger partial charge in [0.25, 0.3) is 5.91 Å². The molecule has 1 N–H and O–H groups in total. The molecule has 1 aliphatic rings. The molecule has 2 heterocycles. The Kier molecular flexibility index (Phi) is 2.51. The molecule has 2 rings (SSSR count). The summed E-state index contributed by atoms with van der Waals surface area (Å²) in [4.78, 5) is 33.3. The lowest BCUT2D eigenvalue weighted by atomic mass is 10.2. The van der Waals surface area contributed by atoms with Crippen LogP contribution in [0.1, 0.15) is 16.8 Å². The highest BCUT2D eigenvalue weighted by atomic mass is 32.1. The molecule has 1 aliphatic heterocycles. The minimum atomic E-state index is -0.843. The standard InChI is InChI=1S/C9H7NO4S/c11-7-3-6(9(13)14-7)10-8(12)5-1-2-15-4-5/h1-2,4,6H,3H2,(H,10,12)/t6-/m0/s1. The van der Waals surface area contributed by atoms with Crippen molar-refractivity contribution in [3.05, 3.63) is 22.4 Å². The zero-order valence-electron chi connectivity index (χ0n) is 7.56. The van der Waals surface area contributed by atoms with Crippen molar-refractivity contribution in [2.24, 2.45) is 0 Å². The van der Waals surface area contributed by atoms with Gasteiger partial charge in [0.2, 0.25) is 0 Å². The van der Waals surface area contributed by atoms with Gasteiger partial charge in [-0.1, -0.05) is 0 Å². The highest BCUT2D eigenvalue weighted by Gasteiger charge is 2.34. The van der Waals surface area contributed by atoms with Gasteiger partial charge in [0.1, 0.15) is 6.04 Å². The van der Waals surface area contributed by atoms with Crippen molar-refractivity contribution in [3.63, 3.8) is 0 Å². The minimum Gasteiger partial charge on any atom is -0.392 e. The molecule has 1 atom stereocenters. The Morgan fingerprint density at radius 3 is 2.87 bits per heavy atom.